The van der Waals surface area contributed by atoms with Gasteiger partial charge in [-0.2, -0.15) is 18.4 Å². The van der Waals surface area contributed by atoms with Gasteiger partial charge in [0.25, 0.3) is 0 Å². The first-order valence-corrected chi connectivity index (χ1v) is 8.90. The Kier molecular flexibility index (Phi) is 5.92. The average Bonchev–Trinajstić information content (AvgIpc) is 2.73. The SMILES string of the molecule is COc1cc(C#N)ccc1OC(=O)C1CCN(c2ccc(C(F)(F)F)cn2)CC1. The van der Waals surface area contributed by atoms with Crippen molar-refractivity contribution in [2.75, 3.05) is 25.1 Å². The number of ether oxygens (including phenoxy) is 2. The molecular weight excluding hydrogens is 387 g/mol. The Morgan fingerprint density at radius 1 is 1.21 bits per heavy atom. The summed E-state index contributed by atoms with van der Waals surface area (Å²) in [6, 6.07) is 8.85. The van der Waals surface area contributed by atoms with E-state index >= 15 is 0 Å². The number of pyridine rings is 1. The van der Waals surface area contributed by atoms with Crippen LogP contribution in [0.4, 0.5) is 19.0 Å². The third-order valence-electron chi connectivity index (χ3n) is 4.73. The van der Waals surface area contributed by atoms with E-state index in [1.807, 2.05) is 11.0 Å². The second-order valence-electron chi connectivity index (χ2n) is 6.56. The van der Waals surface area contributed by atoms with Gasteiger partial charge in [-0.25, -0.2) is 4.98 Å². The Morgan fingerprint density at radius 2 is 1.93 bits per heavy atom. The van der Waals surface area contributed by atoms with Crippen LogP contribution in [0.2, 0.25) is 0 Å². The summed E-state index contributed by atoms with van der Waals surface area (Å²) in [6.45, 7) is 0.950. The van der Waals surface area contributed by atoms with Gasteiger partial charge in [0.1, 0.15) is 5.82 Å². The van der Waals surface area contributed by atoms with Crippen LogP contribution in [0.1, 0.15) is 24.0 Å². The fourth-order valence-corrected chi connectivity index (χ4v) is 3.10. The molecule has 0 atom stereocenters. The molecule has 9 heteroatoms. The van der Waals surface area contributed by atoms with Crippen LogP contribution >= 0.6 is 0 Å². The quantitative estimate of drug-likeness (QED) is 0.569. The number of benzene rings is 1. The number of halogens is 3. The summed E-state index contributed by atoms with van der Waals surface area (Å²) in [7, 11) is 1.42. The van der Waals surface area contributed by atoms with E-state index in [1.165, 1.54) is 31.4 Å². The molecule has 2 aromatic rings. The Hall–Kier alpha value is -3.28. The highest BCUT2D eigenvalue weighted by atomic mass is 19.4. The van der Waals surface area contributed by atoms with Gasteiger partial charge in [0.15, 0.2) is 11.5 Å². The van der Waals surface area contributed by atoms with E-state index in [9.17, 15) is 18.0 Å². The van der Waals surface area contributed by atoms with Crippen LogP contribution in [0.5, 0.6) is 11.5 Å². The summed E-state index contributed by atoms with van der Waals surface area (Å²) in [6.07, 6.45) is -2.64. The van der Waals surface area contributed by atoms with E-state index in [4.69, 9.17) is 14.7 Å². The molecule has 2 heterocycles. The maximum Gasteiger partial charge on any atom is 0.417 e. The summed E-state index contributed by atoms with van der Waals surface area (Å²) in [5, 5.41) is 8.93. The number of anilines is 1. The van der Waals surface area contributed by atoms with Gasteiger partial charge in [-0.3, -0.25) is 4.79 Å². The Labute approximate surface area is 165 Å². The topological polar surface area (TPSA) is 75.5 Å². The number of rotatable bonds is 4. The molecule has 29 heavy (non-hydrogen) atoms. The van der Waals surface area contributed by atoms with Gasteiger partial charge in [0, 0.05) is 25.4 Å². The summed E-state index contributed by atoms with van der Waals surface area (Å²) in [4.78, 5) is 18.2. The molecule has 0 bridgehead atoms. The lowest BCUT2D eigenvalue weighted by Gasteiger charge is -2.31. The zero-order valence-electron chi connectivity index (χ0n) is 15.6. The Balaban J connectivity index is 1.59. The molecule has 1 aromatic heterocycles. The highest BCUT2D eigenvalue weighted by Crippen LogP contribution is 2.32. The number of nitrogens with zero attached hydrogens (tertiary/aromatic N) is 3. The van der Waals surface area contributed by atoms with Gasteiger partial charge >= 0.3 is 12.1 Å². The fourth-order valence-electron chi connectivity index (χ4n) is 3.10. The van der Waals surface area contributed by atoms with E-state index < -0.39 is 17.7 Å². The van der Waals surface area contributed by atoms with Crippen LogP contribution in [-0.2, 0) is 11.0 Å². The molecule has 0 radical (unpaired) electrons. The van der Waals surface area contributed by atoms with E-state index in [2.05, 4.69) is 4.98 Å². The second-order valence-corrected chi connectivity index (χ2v) is 6.56. The van der Waals surface area contributed by atoms with Crippen LogP contribution in [0, 0.1) is 17.2 Å². The predicted molar refractivity (Wildman–Crippen MR) is 97.5 cm³/mol. The number of nitriles is 1. The molecule has 0 unspecified atom stereocenters. The zero-order valence-corrected chi connectivity index (χ0v) is 15.6. The summed E-state index contributed by atoms with van der Waals surface area (Å²) >= 11 is 0. The molecule has 1 aliphatic heterocycles. The first-order chi connectivity index (χ1) is 13.8. The van der Waals surface area contributed by atoms with Crippen molar-refractivity contribution in [2.24, 2.45) is 5.92 Å². The van der Waals surface area contributed by atoms with Crippen molar-refractivity contribution < 1.29 is 27.4 Å². The van der Waals surface area contributed by atoms with Crippen molar-refractivity contribution in [1.29, 1.82) is 5.26 Å². The first-order valence-electron chi connectivity index (χ1n) is 8.90. The van der Waals surface area contributed by atoms with Gasteiger partial charge in [-0.1, -0.05) is 0 Å². The minimum Gasteiger partial charge on any atom is -0.493 e. The largest absolute Gasteiger partial charge is 0.493 e. The number of esters is 1. The Bertz CT molecular complexity index is 915. The van der Waals surface area contributed by atoms with Gasteiger partial charge in [-0.15, -0.1) is 0 Å². The fraction of sp³-hybridized carbons (Fsp3) is 0.350. The monoisotopic (exact) mass is 405 g/mol. The molecule has 0 saturated carbocycles. The van der Waals surface area contributed by atoms with Crippen LogP contribution in [0.3, 0.4) is 0 Å². The molecule has 0 spiro atoms. The van der Waals surface area contributed by atoms with Crippen LogP contribution < -0.4 is 14.4 Å². The van der Waals surface area contributed by atoms with Crippen LogP contribution in [0.15, 0.2) is 36.5 Å². The van der Waals surface area contributed by atoms with Gasteiger partial charge in [0.05, 0.1) is 30.2 Å². The number of aromatic nitrogens is 1. The number of carbonyl (C=O) groups excluding carboxylic acids is 1. The smallest absolute Gasteiger partial charge is 0.417 e. The molecule has 0 amide bonds. The molecule has 3 rings (SSSR count). The lowest BCUT2D eigenvalue weighted by molar-refractivity contribution is -0.140. The van der Waals surface area contributed by atoms with Crippen LogP contribution in [0.25, 0.3) is 0 Å². The number of piperidine rings is 1. The van der Waals surface area contributed by atoms with Crippen molar-refractivity contribution in [3.8, 4) is 17.6 Å². The summed E-state index contributed by atoms with van der Waals surface area (Å²) < 4.78 is 48.5. The van der Waals surface area contributed by atoms with Gasteiger partial charge < -0.3 is 14.4 Å². The number of alkyl halides is 3. The van der Waals surface area contributed by atoms with Gasteiger partial charge in [-0.05, 0) is 37.1 Å². The van der Waals surface area contributed by atoms with Crippen molar-refractivity contribution in [3.63, 3.8) is 0 Å². The molecule has 152 valence electrons. The molecule has 1 aliphatic rings. The van der Waals surface area contributed by atoms with Gasteiger partial charge in [0.2, 0.25) is 0 Å². The lowest BCUT2D eigenvalue weighted by Crippen LogP contribution is -2.38. The minimum atomic E-state index is -4.42. The number of hydrogen-bond acceptors (Lipinski definition) is 6. The Morgan fingerprint density at radius 3 is 2.48 bits per heavy atom. The maximum atomic E-state index is 12.6. The van der Waals surface area contributed by atoms with E-state index in [0.717, 1.165) is 12.3 Å². The van der Waals surface area contributed by atoms with E-state index in [1.54, 1.807) is 0 Å². The molecule has 1 fully saturated rings. The third kappa shape index (κ3) is 4.77. The highest BCUT2D eigenvalue weighted by Gasteiger charge is 2.32. The molecule has 1 aromatic carbocycles. The molecular formula is C20H18F3N3O3. The standard InChI is InChI=1S/C20H18F3N3O3/c1-28-17-10-13(11-24)2-4-16(17)29-19(27)14-6-8-26(9-7-14)18-5-3-15(12-25-18)20(21,22)23/h2-5,10,12,14H,6-9H2,1H3. The molecule has 0 N–H and O–H groups in total. The van der Waals surface area contributed by atoms with Crippen molar-refractivity contribution >= 4 is 11.8 Å². The predicted octanol–water partition coefficient (Wildman–Crippen LogP) is 3.80. The van der Waals surface area contributed by atoms with Crippen LogP contribution in [-0.4, -0.2) is 31.2 Å². The lowest BCUT2D eigenvalue weighted by atomic mass is 9.97. The summed E-state index contributed by atoms with van der Waals surface area (Å²) in [5.41, 5.74) is -0.407. The third-order valence-corrected chi connectivity index (χ3v) is 4.73. The van der Waals surface area contributed by atoms with Crippen molar-refractivity contribution in [3.05, 3.63) is 47.7 Å². The maximum absolute atomic E-state index is 12.6. The first kappa shape index (κ1) is 20.5. The summed E-state index contributed by atoms with van der Waals surface area (Å²) in [5.74, 6) is 0.222. The van der Waals surface area contributed by atoms with Crippen molar-refractivity contribution in [1.82, 2.24) is 4.98 Å². The second kappa shape index (κ2) is 8.39. The van der Waals surface area contributed by atoms with E-state index in [0.29, 0.717) is 43.1 Å². The normalized spacial score (nSPS) is 14.9. The number of hydrogen-bond donors (Lipinski definition) is 0. The molecule has 1 saturated heterocycles. The van der Waals surface area contributed by atoms with E-state index in [-0.39, 0.29) is 11.7 Å². The molecule has 0 aliphatic carbocycles. The zero-order chi connectivity index (χ0) is 21.0. The number of carbonyl (C=O) groups is 1. The molecule has 6 nitrogen and oxygen atoms in total. The van der Waals surface area contributed by atoms with Crippen molar-refractivity contribution in [2.45, 2.75) is 19.0 Å². The average molecular weight is 405 g/mol. The minimum absolute atomic E-state index is 0.239. The number of methoxy groups -OCH3 is 1. The highest BCUT2D eigenvalue weighted by molar-refractivity contribution is 5.76.